The Morgan fingerprint density at radius 2 is 2.06 bits per heavy atom. The summed E-state index contributed by atoms with van der Waals surface area (Å²) >= 11 is 3.08. The summed E-state index contributed by atoms with van der Waals surface area (Å²) in [4.78, 5) is 0. The average Bonchev–Trinajstić information content (AvgIpc) is 2.24. The van der Waals surface area contributed by atoms with E-state index in [0.29, 0.717) is 10.9 Å². The molecule has 0 amide bonds. The summed E-state index contributed by atoms with van der Waals surface area (Å²) in [5.41, 5.74) is -0.439. The fraction of sp³-hybridized carbons (Fsp3) is 0.500. The lowest BCUT2D eigenvalue weighted by Gasteiger charge is -2.48. The summed E-state index contributed by atoms with van der Waals surface area (Å²) < 4.78 is 32.5. The molecule has 2 rings (SSSR count). The van der Waals surface area contributed by atoms with Crippen molar-refractivity contribution in [2.24, 2.45) is 5.41 Å². The van der Waals surface area contributed by atoms with E-state index in [1.807, 2.05) is 13.8 Å². The van der Waals surface area contributed by atoms with Crippen LogP contribution in [0.3, 0.4) is 0 Å². The molecule has 2 atom stereocenters. The zero-order valence-corrected chi connectivity index (χ0v) is 11.1. The molecule has 0 aliphatic heterocycles. The Morgan fingerprint density at radius 1 is 1.41 bits per heavy atom. The Bertz CT molecular complexity index is 448. The summed E-state index contributed by atoms with van der Waals surface area (Å²) in [6, 6.07) is 2.43. The van der Waals surface area contributed by atoms with Crippen molar-refractivity contribution in [1.82, 2.24) is 0 Å². The van der Waals surface area contributed by atoms with Crippen molar-refractivity contribution >= 4 is 15.9 Å². The largest absolute Gasteiger partial charge is 0.486 e. The molecule has 1 aliphatic carbocycles. The Hall–Kier alpha value is -0.680. The molecule has 1 saturated carbocycles. The van der Waals surface area contributed by atoms with Crippen LogP contribution in [0.4, 0.5) is 8.78 Å². The quantitative estimate of drug-likeness (QED) is 0.850. The number of hydrogen-bond donors (Lipinski definition) is 1. The molecule has 1 aromatic rings. The van der Waals surface area contributed by atoms with Gasteiger partial charge in [-0.25, -0.2) is 4.39 Å². The van der Waals surface area contributed by atoms with Crippen LogP contribution in [0.5, 0.6) is 5.75 Å². The maximum atomic E-state index is 13.5. The smallest absolute Gasteiger partial charge is 0.200 e. The average molecular weight is 307 g/mol. The summed E-state index contributed by atoms with van der Waals surface area (Å²) in [6.45, 7) is 3.66. The molecular formula is C12H13BrF2O2. The van der Waals surface area contributed by atoms with E-state index in [-0.39, 0.29) is 11.9 Å². The van der Waals surface area contributed by atoms with E-state index in [4.69, 9.17) is 4.74 Å². The molecule has 0 bridgehead atoms. The molecule has 1 fully saturated rings. The Labute approximate surface area is 107 Å². The number of halogens is 3. The number of aliphatic hydroxyl groups excluding tert-OH is 1. The number of hydrogen-bond acceptors (Lipinski definition) is 2. The predicted octanol–water partition coefficient (Wildman–Crippen LogP) is 3.27. The van der Waals surface area contributed by atoms with Gasteiger partial charge in [-0.05, 0) is 12.1 Å². The van der Waals surface area contributed by atoms with Crippen molar-refractivity contribution < 1.29 is 18.6 Å². The topological polar surface area (TPSA) is 29.5 Å². The van der Waals surface area contributed by atoms with Crippen LogP contribution in [0.25, 0.3) is 0 Å². The van der Waals surface area contributed by atoms with Crippen LogP contribution in [0.15, 0.2) is 16.6 Å². The van der Waals surface area contributed by atoms with Gasteiger partial charge in [-0.2, -0.15) is 4.39 Å². The van der Waals surface area contributed by atoms with Crippen molar-refractivity contribution in [1.29, 1.82) is 0 Å². The highest BCUT2D eigenvalue weighted by atomic mass is 79.9. The SMILES string of the molecule is CC1(C)C(O)CC1Oc1cc(Br)cc(F)c1F. The lowest BCUT2D eigenvalue weighted by molar-refractivity contribution is -0.135. The van der Waals surface area contributed by atoms with Gasteiger partial charge in [-0.3, -0.25) is 0 Å². The zero-order valence-electron chi connectivity index (χ0n) is 9.51. The van der Waals surface area contributed by atoms with Gasteiger partial charge in [0, 0.05) is 16.3 Å². The molecule has 17 heavy (non-hydrogen) atoms. The van der Waals surface area contributed by atoms with Gasteiger partial charge >= 0.3 is 0 Å². The lowest BCUT2D eigenvalue weighted by atomic mass is 9.66. The van der Waals surface area contributed by atoms with E-state index in [0.717, 1.165) is 6.07 Å². The van der Waals surface area contributed by atoms with Crippen LogP contribution in [0, 0.1) is 17.0 Å². The van der Waals surface area contributed by atoms with Gasteiger partial charge in [0.15, 0.2) is 11.6 Å². The van der Waals surface area contributed by atoms with Crippen molar-refractivity contribution in [2.75, 3.05) is 0 Å². The second-order valence-electron chi connectivity index (χ2n) is 4.88. The first kappa shape index (κ1) is 12.8. The first-order valence-corrected chi connectivity index (χ1v) is 6.11. The first-order chi connectivity index (χ1) is 7.82. The molecule has 94 valence electrons. The van der Waals surface area contributed by atoms with E-state index in [1.54, 1.807) is 0 Å². The number of benzene rings is 1. The van der Waals surface area contributed by atoms with Crippen molar-refractivity contribution in [3.8, 4) is 5.75 Å². The van der Waals surface area contributed by atoms with Crippen LogP contribution in [-0.4, -0.2) is 17.3 Å². The molecule has 0 radical (unpaired) electrons. The fourth-order valence-electron chi connectivity index (χ4n) is 1.84. The van der Waals surface area contributed by atoms with Crippen LogP contribution in [0.1, 0.15) is 20.3 Å². The molecule has 0 spiro atoms. The van der Waals surface area contributed by atoms with Crippen LogP contribution >= 0.6 is 15.9 Å². The zero-order chi connectivity index (χ0) is 12.8. The van der Waals surface area contributed by atoms with Gasteiger partial charge < -0.3 is 9.84 Å². The predicted molar refractivity (Wildman–Crippen MR) is 62.9 cm³/mol. The maximum Gasteiger partial charge on any atom is 0.200 e. The molecule has 5 heteroatoms. The second kappa shape index (κ2) is 4.21. The van der Waals surface area contributed by atoms with E-state index in [9.17, 15) is 13.9 Å². The minimum Gasteiger partial charge on any atom is -0.486 e. The highest BCUT2D eigenvalue weighted by molar-refractivity contribution is 9.10. The molecule has 1 aromatic carbocycles. The van der Waals surface area contributed by atoms with Gasteiger partial charge in [0.1, 0.15) is 6.10 Å². The van der Waals surface area contributed by atoms with Gasteiger partial charge in [0.05, 0.1) is 6.10 Å². The fourth-order valence-corrected chi connectivity index (χ4v) is 2.24. The molecule has 2 unspecified atom stereocenters. The van der Waals surface area contributed by atoms with Gasteiger partial charge in [-0.1, -0.05) is 29.8 Å². The summed E-state index contributed by atoms with van der Waals surface area (Å²) in [7, 11) is 0. The Balaban J connectivity index is 2.20. The molecule has 1 aliphatic rings. The van der Waals surface area contributed by atoms with Gasteiger partial charge in [-0.15, -0.1) is 0 Å². The van der Waals surface area contributed by atoms with E-state index >= 15 is 0 Å². The van der Waals surface area contributed by atoms with Gasteiger partial charge in [0.25, 0.3) is 0 Å². The number of rotatable bonds is 2. The molecule has 0 saturated heterocycles. The second-order valence-corrected chi connectivity index (χ2v) is 5.79. The molecule has 1 N–H and O–H groups in total. The summed E-state index contributed by atoms with van der Waals surface area (Å²) in [6.07, 6.45) is -0.339. The van der Waals surface area contributed by atoms with Crippen molar-refractivity contribution in [2.45, 2.75) is 32.5 Å². The summed E-state index contributed by atoms with van der Waals surface area (Å²) in [5, 5.41) is 9.55. The standard InChI is InChI=1S/C12H13BrF2O2/c1-12(2)9(16)5-10(12)17-8-4-6(13)3-7(14)11(8)15/h3-4,9-10,16H,5H2,1-2H3. The third-order valence-corrected chi connectivity index (χ3v) is 3.81. The van der Waals surface area contributed by atoms with Crippen molar-refractivity contribution in [3.63, 3.8) is 0 Å². The van der Waals surface area contributed by atoms with E-state index in [2.05, 4.69) is 15.9 Å². The van der Waals surface area contributed by atoms with Crippen LogP contribution in [0.2, 0.25) is 0 Å². The Morgan fingerprint density at radius 3 is 2.59 bits per heavy atom. The lowest BCUT2D eigenvalue weighted by Crippen LogP contribution is -2.56. The molecule has 0 aromatic heterocycles. The number of aliphatic hydroxyl groups is 1. The minimum atomic E-state index is -0.995. The van der Waals surface area contributed by atoms with Gasteiger partial charge in [0.2, 0.25) is 5.82 Å². The molecule has 2 nitrogen and oxygen atoms in total. The highest BCUT2D eigenvalue weighted by Gasteiger charge is 2.49. The number of ether oxygens (including phenoxy) is 1. The third-order valence-electron chi connectivity index (χ3n) is 3.35. The Kier molecular flexibility index (Phi) is 3.16. The van der Waals surface area contributed by atoms with Crippen LogP contribution in [-0.2, 0) is 0 Å². The minimum absolute atomic E-state index is 0.123. The first-order valence-electron chi connectivity index (χ1n) is 5.31. The maximum absolute atomic E-state index is 13.5. The monoisotopic (exact) mass is 306 g/mol. The van der Waals surface area contributed by atoms with Crippen molar-refractivity contribution in [3.05, 3.63) is 28.2 Å². The molecular weight excluding hydrogens is 294 g/mol. The van der Waals surface area contributed by atoms with Crippen LogP contribution < -0.4 is 4.74 Å². The summed E-state index contributed by atoms with van der Waals surface area (Å²) in [5.74, 6) is -2.07. The highest BCUT2D eigenvalue weighted by Crippen LogP contribution is 2.43. The van der Waals surface area contributed by atoms with E-state index < -0.39 is 23.2 Å². The third kappa shape index (κ3) is 2.18. The molecule has 0 heterocycles. The normalized spacial score (nSPS) is 26.5. The van der Waals surface area contributed by atoms with E-state index in [1.165, 1.54) is 6.07 Å².